The number of aliphatic hydroxyl groups excluding tert-OH is 1. The molecule has 0 aliphatic heterocycles. The van der Waals surface area contributed by atoms with Gasteiger partial charge in [0, 0.05) is 6.21 Å². The van der Waals surface area contributed by atoms with E-state index >= 15 is 0 Å². The van der Waals surface area contributed by atoms with Crippen molar-refractivity contribution < 1.29 is 19.0 Å². The van der Waals surface area contributed by atoms with Gasteiger partial charge in [0.1, 0.15) is 16.5 Å². The Morgan fingerprint density at radius 1 is 1.17 bits per heavy atom. The molecule has 3 aromatic rings. The molecule has 1 aromatic heterocycles. The van der Waals surface area contributed by atoms with Gasteiger partial charge < -0.3 is 9.84 Å². The van der Waals surface area contributed by atoms with Crippen LogP contribution in [0.1, 0.15) is 12.5 Å². The summed E-state index contributed by atoms with van der Waals surface area (Å²) in [4.78, 5) is 20.2. The van der Waals surface area contributed by atoms with Gasteiger partial charge in [-0.15, -0.1) is 0 Å². The summed E-state index contributed by atoms with van der Waals surface area (Å²) < 4.78 is 18.8. The third kappa shape index (κ3) is 4.72. The fraction of sp³-hybridized carbons (Fsp3) is 0.0952. The van der Waals surface area contributed by atoms with Gasteiger partial charge in [-0.2, -0.15) is 0 Å². The van der Waals surface area contributed by atoms with E-state index in [9.17, 15) is 14.3 Å². The molecule has 0 aliphatic rings. The average molecular weight is 433 g/mol. The number of aromatic nitrogens is 1. The van der Waals surface area contributed by atoms with Gasteiger partial charge in [-0.05, 0) is 35.9 Å². The maximum absolute atomic E-state index is 13.8. The number of esters is 1. The van der Waals surface area contributed by atoms with Crippen LogP contribution in [0.4, 0.5) is 10.1 Å². The molecule has 5 nitrogen and oxygen atoms in total. The van der Waals surface area contributed by atoms with Crippen molar-refractivity contribution in [3.05, 3.63) is 75.8 Å². The Morgan fingerprint density at radius 2 is 1.90 bits per heavy atom. The number of carbonyl (C=O) groups is 1. The van der Waals surface area contributed by atoms with E-state index < -0.39 is 22.7 Å². The molecule has 0 spiro atoms. The molecule has 1 heterocycles. The van der Waals surface area contributed by atoms with E-state index in [0.29, 0.717) is 5.69 Å². The maximum atomic E-state index is 13.8. The van der Waals surface area contributed by atoms with E-state index in [1.165, 1.54) is 0 Å². The van der Waals surface area contributed by atoms with Crippen molar-refractivity contribution in [1.82, 2.24) is 4.98 Å². The van der Waals surface area contributed by atoms with Crippen molar-refractivity contribution in [2.24, 2.45) is 4.99 Å². The highest BCUT2D eigenvalue weighted by Gasteiger charge is 2.20. The molecule has 8 heteroatoms. The Morgan fingerprint density at radius 3 is 2.62 bits per heavy atom. The number of hydrogen-bond donors (Lipinski definition) is 1. The molecule has 0 amide bonds. The summed E-state index contributed by atoms with van der Waals surface area (Å²) in [5, 5.41) is 11.8. The summed E-state index contributed by atoms with van der Waals surface area (Å²) in [5.74, 6) is -2.37. The standard InChI is InChI=1S/C21H15Cl2FN2O3/c1-2-29-21(28)16(18(27)15-10-17(24)20(23)26-19(15)22)11-25-14-8-7-12-5-3-4-6-13(12)9-14/h3-11,27H,2H2,1H3/b18-16-,25-11?. The van der Waals surface area contributed by atoms with Crippen LogP contribution < -0.4 is 0 Å². The number of fused-ring (bicyclic) bond motifs is 1. The van der Waals surface area contributed by atoms with E-state index in [2.05, 4.69) is 9.98 Å². The van der Waals surface area contributed by atoms with Crippen LogP contribution in [0.2, 0.25) is 10.3 Å². The summed E-state index contributed by atoms with van der Waals surface area (Å²) in [6.07, 6.45) is 1.14. The van der Waals surface area contributed by atoms with Crippen molar-refractivity contribution in [2.75, 3.05) is 6.61 Å². The second-order valence-electron chi connectivity index (χ2n) is 5.87. The molecule has 0 bridgehead atoms. The van der Waals surface area contributed by atoms with Crippen molar-refractivity contribution >= 4 is 57.6 Å². The number of aliphatic imine (C=N–C) groups is 1. The van der Waals surface area contributed by atoms with Crippen molar-refractivity contribution in [2.45, 2.75) is 6.92 Å². The monoisotopic (exact) mass is 432 g/mol. The zero-order valence-electron chi connectivity index (χ0n) is 15.2. The molecule has 0 unspecified atom stereocenters. The van der Waals surface area contributed by atoms with E-state index in [1.807, 2.05) is 36.4 Å². The lowest BCUT2D eigenvalue weighted by atomic mass is 10.1. The average Bonchev–Trinajstić information content (AvgIpc) is 2.70. The van der Waals surface area contributed by atoms with Gasteiger partial charge in [-0.1, -0.05) is 53.5 Å². The van der Waals surface area contributed by atoms with Crippen LogP contribution in [0.5, 0.6) is 0 Å². The summed E-state index contributed by atoms with van der Waals surface area (Å²) in [5.41, 5.74) is 0.0387. The molecule has 0 saturated carbocycles. The maximum Gasteiger partial charge on any atom is 0.343 e. The van der Waals surface area contributed by atoms with Gasteiger partial charge in [0.2, 0.25) is 0 Å². The third-order valence-electron chi connectivity index (χ3n) is 3.97. The van der Waals surface area contributed by atoms with Crippen LogP contribution in [-0.2, 0) is 9.53 Å². The first kappa shape index (κ1) is 20.8. The van der Waals surface area contributed by atoms with Crippen LogP contribution in [0, 0.1) is 5.82 Å². The second-order valence-corrected chi connectivity index (χ2v) is 6.59. The minimum Gasteiger partial charge on any atom is -0.506 e. The topological polar surface area (TPSA) is 71.8 Å². The van der Waals surface area contributed by atoms with Gasteiger partial charge in [0.05, 0.1) is 17.9 Å². The molecule has 0 atom stereocenters. The van der Waals surface area contributed by atoms with Gasteiger partial charge in [-0.25, -0.2) is 14.2 Å². The van der Waals surface area contributed by atoms with Crippen molar-refractivity contribution in [3.8, 4) is 0 Å². The van der Waals surface area contributed by atoms with E-state index in [4.69, 9.17) is 27.9 Å². The third-order valence-corrected chi connectivity index (χ3v) is 4.52. The quantitative estimate of drug-likeness (QED) is 0.178. The predicted octanol–water partition coefficient (Wildman–Crippen LogP) is 5.92. The Labute approximate surface area is 176 Å². The predicted molar refractivity (Wildman–Crippen MR) is 112 cm³/mol. The largest absolute Gasteiger partial charge is 0.506 e. The first-order chi connectivity index (χ1) is 13.9. The lowest BCUT2D eigenvalue weighted by molar-refractivity contribution is -0.137. The second kappa shape index (κ2) is 9.03. The fourth-order valence-corrected chi connectivity index (χ4v) is 2.98. The smallest absolute Gasteiger partial charge is 0.343 e. The minimum absolute atomic E-state index is 0.0698. The van der Waals surface area contributed by atoms with E-state index in [-0.39, 0.29) is 22.9 Å². The molecule has 0 aliphatic carbocycles. The number of carbonyl (C=O) groups excluding carboxylic acids is 1. The number of pyridine rings is 1. The Kier molecular flexibility index (Phi) is 6.46. The summed E-state index contributed by atoms with van der Waals surface area (Å²) in [6, 6.07) is 14.1. The zero-order chi connectivity index (χ0) is 21.0. The van der Waals surface area contributed by atoms with Gasteiger partial charge in [-0.3, -0.25) is 4.99 Å². The number of ether oxygens (including phenoxy) is 1. The fourth-order valence-electron chi connectivity index (χ4n) is 2.57. The molecule has 3 rings (SSSR count). The highest BCUT2D eigenvalue weighted by molar-refractivity contribution is 6.34. The van der Waals surface area contributed by atoms with Crippen LogP contribution in [-0.4, -0.2) is 28.9 Å². The van der Waals surface area contributed by atoms with Crippen LogP contribution >= 0.6 is 23.2 Å². The summed E-state index contributed by atoms with van der Waals surface area (Å²) in [6.45, 7) is 1.68. The number of benzene rings is 2. The number of aliphatic hydroxyl groups is 1. The van der Waals surface area contributed by atoms with Crippen molar-refractivity contribution in [1.29, 1.82) is 0 Å². The summed E-state index contributed by atoms with van der Waals surface area (Å²) >= 11 is 11.5. The number of rotatable bonds is 5. The molecular formula is C21H15Cl2FN2O3. The van der Waals surface area contributed by atoms with Crippen LogP contribution in [0.3, 0.4) is 0 Å². The molecule has 1 N–H and O–H groups in total. The van der Waals surface area contributed by atoms with Gasteiger partial charge >= 0.3 is 5.97 Å². The van der Waals surface area contributed by atoms with Crippen LogP contribution in [0.25, 0.3) is 16.5 Å². The van der Waals surface area contributed by atoms with E-state index in [0.717, 1.165) is 23.1 Å². The Bertz CT molecular complexity index is 1150. The normalized spacial score (nSPS) is 12.3. The highest BCUT2D eigenvalue weighted by Crippen LogP contribution is 2.27. The van der Waals surface area contributed by atoms with Crippen molar-refractivity contribution in [3.63, 3.8) is 0 Å². The van der Waals surface area contributed by atoms with Gasteiger partial charge in [0.25, 0.3) is 0 Å². The Balaban J connectivity index is 2.06. The first-order valence-corrected chi connectivity index (χ1v) is 9.31. The van der Waals surface area contributed by atoms with Gasteiger partial charge in [0.15, 0.2) is 11.0 Å². The summed E-state index contributed by atoms with van der Waals surface area (Å²) in [7, 11) is 0. The first-order valence-electron chi connectivity index (χ1n) is 8.56. The molecule has 29 heavy (non-hydrogen) atoms. The molecule has 2 aromatic carbocycles. The SMILES string of the molecule is CCOC(=O)/C(C=Nc1ccc2ccccc2c1)=C(\O)c1cc(F)c(Cl)nc1Cl. The lowest BCUT2D eigenvalue weighted by Gasteiger charge is -2.09. The molecular weight excluding hydrogens is 418 g/mol. The molecule has 0 fully saturated rings. The number of hydrogen-bond acceptors (Lipinski definition) is 5. The molecule has 0 radical (unpaired) electrons. The zero-order valence-corrected chi connectivity index (χ0v) is 16.7. The molecule has 0 saturated heterocycles. The van der Waals surface area contributed by atoms with Crippen LogP contribution in [0.15, 0.2) is 59.1 Å². The van der Waals surface area contributed by atoms with E-state index in [1.54, 1.807) is 13.0 Å². The highest BCUT2D eigenvalue weighted by atomic mass is 35.5. The minimum atomic E-state index is -0.896. The number of nitrogens with zero attached hydrogens (tertiary/aromatic N) is 2. The number of halogens is 3. The lowest BCUT2D eigenvalue weighted by Crippen LogP contribution is -2.11. The Hall–Kier alpha value is -2.96. The molecule has 148 valence electrons.